The van der Waals surface area contributed by atoms with Crippen molar-refractivity contribution in [1.29, 1.82) is 0 Å². The van der Waals surface area contributed by atoms with Crippen molar-refractivity contribution < 1.29 is 4.79 Å². The van der Waals surface area contributed by atoms with Gasteiger partial charge in [0.15, 0.2) is 0 Å². The molecular weight excluding hydrogens is 198 g/mol. The zero-order valence-electron chi connectivity index (χ0n) is 8.89. The first-order valence-electron chi connectivity index (χ1n) is 5.68. The molecule has 82 valence electrons. The largest absolute Gasteiger partial charge is 0.352 e. The van der Waals surface area contributed by atoms with Crippen LogP contribution in [-0.2, 0) is 4.79 Å². The van der Waals surface area contributed by atoms with E-state index in [0.717, 1.165) is 25.7 Å². The van der Waals surface area contributed by atoms with E-state index in [0.29, 0.717) is 6.04 Å². The molecule has 0 radical (unpaired) electrons. The number of hydrogen-bond acceptors (Lipinski definition) is 1. The van der Waals surface area contributed by atoms with E-state index in [2.05, 4.69) is 12.2 Å². The second kappa shape index (κ2) is 6.28. The monoisotopic (exact) mass is 217 g/mol. The number of hydrogen-bond donors (Lipinski definition) is 1. The molecule has 0 saturated heterocycles. The number of carbonyl (C=O) groups excluding carboxylic acids is 1. The summed E-state index contributed by atoms with van der Waals surface area (Å²) in [6.45, 7) is 2.18. The number of amides is 1. The van der Waals surface area contributed by atoms with E-state index in [4.69, 9.17) is 11.6 Å². The van der Waals surface area contributed by atoms with Crippen molar-refractivity contribution in [2.75, 3.05) is 0 Å². The van der Waals surface area contributed by atoms with Crippen LogP contribution in [0.3, 0.4) is 0 Å². The van der Waals surface area contributed by atoms with Crippen LogP contribution >= 0.6 is 11.6 Å². The van der Waals surface area contributed by atoms with Crippen LogP contribution in [0.15, 0.2) is 0 Å². The Morgan fingerprint density at radius 1 is 1.43 bits per heavy atom. The first-order valence-corrected chi connectivity index (χ1v) is 6.12. The molecule has 14 heavy (non-hydrogen) atoms. The van der Waals surface area contributed by atoms with E-state index in [1.807, 2.05) is 0 Å². The van der Waals surface area contributed by atoms with Gasteiger partial charge in [0.1, 0.15) is 5.38 Å². The van der Waals surface area contributed by atoms with Gasteiger partial charge in [-0.25, -0.2) is 0 Å². The van der Waals surface area contributed by atoms with Crippen molar-refractivity contribution >= 4 is 17.5 Å². The average molecular weight is 218 g/mol. The number of unbranched alkanes of at least 4 members (excludes halogenated alkanes) is 3. The summed E-state index contributed by atoms with van der Waals surface area (Å²) < 4.78 is 0. The maximum Gasteiger partial charge on any atom is 0.238 e. The molecule has 0 aromatic heterocycles. The third-order valence-corrected chi connectivity index (χ3v) is 2.94. The summed E-state index contributed by atoms with van der Waals surface area (Å²) in [6.07, 6.45) is 7.81. The van der Waals surface area contributed by atoms with Gasteiger partial charge in [0, 0.05) is 6.04 Å². The number of halogens is 1. The van der Waals surface area contributed by atoms with E-state index in [-0.39, 0.29) is 11.3 Å². The summed E-state index contributed by atoms with van der Waals surface area (Å²) in [5.74, 6) is 0.0330. The molecule has 1 atom stereocenters. The number of rotatable bonds is 7. The van der Waals surface area contributed by atoms with E-state index >= 15 is 0 Å². The Balaban J connectivity index is 2.00. The molecule has 0 aromatic carbocycles. The van der Waals surface area contributed by atoms with Crippen molar-refractivity contribution in [3.8, 4) is 0 Å². The van der Waals surface area contributed by atoms with Crippen molar-refractivity contribution in [2.45, 2.75) is 63.3 Å². The molecule has 2 nitrogen and oxygen atoms in total. The molecule has 1 unspecified atom stereocenters. The molecule has 1 rings (SSSR count). The molecule has 1 aliphatic rings. The zero-order valence-corrected chi connectivity index (χ0v) is 9.65. The molecule has 0 aromatic rings. The Bertz CT molecular complexity index is 180. The van der Waals surface area contributed by atoms with Crippen LogP contribution in [0, 0.1) is 0 Å². The first kappa shape index (κ1) is 11.8. The summed E-state index contributed by atoms with van der Waals surface area (Å²) in [4.78, 5) is 11.4. The van der Waals surface area contributed by atoms with Gasteiger partial charge < -0.3 is 5.32 Å². The third kappa shape index (κ3) is 4.85. The minimum atomic E-state index is -0.313. The highest BCUT2D eigenvalue weighted by Gasteiger charge is 2.26. The Labute approximate surface area is 91.4 Å². The lowest BCUT2D eigenvalue weighted by atomic mass is 10.1. The van der Waals surface area contributed by atoms with Gasteiger partial charge in [0.25, 0.3) is 0 Å². The highest BCUT2D eigenvalue weighted by Crippen LogP contribution is 2.20. The fourth-order valence-corrected chi connectivity index (χ4v) is 1.62. The van der Waals surface area contributed by atoms with E-state index in [9.17, 15) is 4.79 Å². The molecule has 0 heterocycles. The van der Waals surface area contributed by atoms with Crippen molar-refractivity contribution in [3.63, 3.8) is 0 Å². The van der Waals surface area contributed by atoms with Gasteiger partial charge in [-0.1, -0.05) is 32.6 Å². The number of carbonyl (C=O) groups is 1. The minimum Gasteiger partial charge on any atom is -0.352 e. The lowest BCUT2D eigenvalue weighted by molar-refractivity contribution is -0.121. The lowest BCUT2D eigenvalue weighted by Crippen LogP contribution is -2.32. The van der Waals surface area contributed by atoms with Crippen LogP contribution in [0.4, 0.5) is 0 Å². The van der Waals surface area contributed by atoms with Gasteiger partial charge >= 0.3 is 0 Å². The highest BCUT2D eigenvalue weighted by molar-refractivity contribution is 6.30. The lowest BCUT2D eigenvalue weighted by Gasteiger charge is -2.09. The van der Waals surface area contributed by atoms with Gasteiger partial charge in [0.05, 0.1) is 0 Å². The topological polar surface area (TPSA) is 29.1 Å². The molecule has 1 aliphatic carbocycles. The van der Waals surface area contributed by atoms with Crippen LogP contribution < -0.4 is 5.32 Å². The number of nitrogens with one attached hydrogen (secondary N) is 1. The first-order chi connectivity index (χ1) is 6.74. The molecular formula is C11H20ClNO. The van der Waals surface area contributed by atoms with Crippen LogP contribution in [-0.4, -0.2) is 17.3 Å². The molecule has 1 fully saturated rings. The summed E-state index contributed by atoms with van der Waals surface area (Å²) >= 11 is 5.97. The quantitative estimate of drug-likeness (QED) is 0.516. The van der Waals surface area contributed by atoms with Crippen molar-refractivity contribution in [2.24, 2.45) is 0 Å². The van der Waals surface area contributed by atoms with E-state index in [1.54, 1.807) is 0 Å². The Kier molecular flexibility index (Phi) is 5.31. The fourth-order valence-electron chi connectivity index (χ4n) is 1.40. The highest BCUT2D eigenvalue weighted by atomic mass is 35.5. The predicted octanol–water partition coefficient (Wildman–Crippen LogP) is 2.84. The van der Waals surface area contributed by atoms with Gasteiger partial charge in [-0.15, -0.1) is 11.6 Å². The standard InChI is InChI=1S/C11H20ClNO/c1-2-3-4-5-6-10(12)11(14)13-9-7-8-9/h9-10H,2-8H2,1H3,(H,13,14). The van der Waals surface area contributed by atoms with Crippen molar-refractivity contribution in [1.82, 2.24) is 5.32 Å². The van der Waals surface area contributed by atoms with E-state index in [1.165, 1.54) is 19.3 Å². The van der Waals surface area contributed by atoms with Crippen LogP contribution in [0.5, 0.6) is 0 Å². The number of alkyl halides is 1. The summed E-state index contributed by atoms with van der Waals surface area (Å²) in [7, 11) is 0. The maximum absolute atomic E-state index is 11.4. The molecule has 1 N–H and O–H groups in total. The molecule has 0 bridgehead atoms. The molecule has 3 heteroatoms. The van der Waals surface area contributed by atoms with Gasteiger partial charge in [0.2, 0.25) is 5.91 Å². The molecule has 0 aliphatic heterocycles. The normalized spacial score (nSPS) is 17.9. The maximum atomic E-state index is 11.4. The fraction of sp³-hybridized carbons (Fsp3) is 0.909. The minimum absolute atomic E-state index is 0.0330. The van der Waals surface area contributed by atoms with Gasteiger partial charge in [-0.05, 0) is 19.3 Å². The van der Waals surface area contributed by atoms with Gasteiger partial charge in [-0.2, -0.15) is 0 Å². The zero-order chi connectivity index (χ0) is 10.4. The SMILES string of the molecule is CCCCCCC(Cl)C(=O)NC1CC1. The van der Waals surface area contributed by atoms with Crippen LogP contribution in [0.1, 0.15) is 51.9 Å². The van der Waals surface area contributed by atoms with Crippen LogP contribution in [0.2, 0.25) is 0 Å². The Morgan fingerprint density at radius 2 is 2.14 bits per heavy atom. The average Bonchev–Trinajstić information content (AvgIpc) is 2.96. The Morgan fingerprint density at radius 3 is 2.71 bits per heavy atom. The summed E-state index contributed by atoms with van der Waals surface area (Å²) in [5.41, 5.74) is 0. The Hall–Kier alpha value is -0.240. The third-order valence-electron chi connectivity index (χ3n) is 2.52. The predicted molar refractivity (Wildman–Crippen MR) is 59.6 cm³/mol. The van der Waals surface area contributed by atoms with Crippen LogP contribution in [0.25, 0.3) is 0 Å². The van der Waals surface area contributed by atoms with E-state index < -0.39 is 0 Å². The second-order valence-electron chi connectivity index (χ2n) is 4.10. The van der Waals surface area contributed by atoms with Crippen molar-refractivity contribution in [3.05, 3.63) is 0 Å². The summed E-state index contributed by atoms with van der Waals surface area (Å²) in [5, 5.41) is 2.61. The smallest absolute Gasteiger partial charge is 0.238 e. The molecule has 0 spiro atoms. The van der Waals surface area contributed by atoms with Gasteiger partial charge in [-0.3, -0.25) is 4.79 Å². The molecule has 1 amide bonds. The second-order valence-corrected chi connectivity index (χ2v) is 4.63. The summed E-state index contributed by atoms with van der Waals surface area (Å²) in [6, 6.07) is 0.430. The molecule has 1 saturated carbocycles.